The van der Waals surface area contributed by atoms with E-state index in [-0.39, 0.29) is 79.3 Å². The highest BCUT2D eigenvalue weighted by molar-refractivity contribution is 4.65. The summed E-state index contributed by atoms with van der Waals surface area (Å²) in [6, 6.07) is 0. The molecule has 0 aliphatic carbocycles. The maximum atomic E-state index is 9.99. The maximum absolute atomic E-state index is 9.99. The average molecular weight is 639 g/mol. The molecular formula is C26H54O17. The van der Waals surface area contributed by atoms with Gasteiger partial charge in [0, 0.05) is 14.2 Å². The van der Waals surface area contributed by atoms with E-state index in [0.29, 0.717) is 0 Å². The van der Waals surface area contributed by atoms with Gasteiger partial charge in [-0.1, -0.05) is 0 Å². The zero-order valence-corrected chi connectivity index (χ0v) is 25.2. The standard InChI is InChI=1S/C26H54O17/c1-35-7-20(32)9-38-10-21(33)11-39-15-25(36-2)17-43-26(18-42-23(4-28)5-29)16-40-14-24(6-30)41-13-22(34)12-37-8-19(31)3-27/h19-34H,3-18H2,1-2H3. The Morgan fingerprint density at radius 2 is 0.767 bits per heavy atom. The molecule has 0 rings (SSSR count). The van der Waals surface area contributed by atoms with Crippen LogP contribution in [0.1, 0.15) is 0 Å². The molecule has 17 heteroatoms. The molecule has 17 nitrogen and oxygen atoms in total. The third-order valence-electron chi connectivity index (χ3n) is 5.54. The van der Waals surface area contributed by atoms with Crippen molar-refractivity contribution in [2.45, 2.75) is 48.8 Å². The molecule has 0 heterocycles. The third kappa shape index (κ3) is 24.3. The van der Waals surface area contributed by atoms with Crippen molar-refractivity contribution in [3.8, 4) is 0 Å². The topological polar surface area (TPSA) is 245 Å². The Bertz CT molecular complexity index is 588. The maximum Gasteiger partial charge on any atom is 0.104 e. The fourth-order valence-electron chi connectivity index (χ4n) is 3.12. The van der Waals surface area contributed by atoms with Gasteiger partial charge < -0.3 is 83.5 Å². The van der Waals surface area contributed by atoms with E-state index in [9.17, 15) is 35.7 Å². The van der Waals surface area contributed by atoms with Crippen LogP contribution < -0.4 is 0 Å². The average Bonchev–Trinajstić information content (AvgIpc) is 3.00. The van der Waals surface area contributed by atoms with E-state index in [1.165, 1.54) is 14.2 Å². The van der Waals surface area contributed by atoms with Crippen molar-refractivity contribution in [3.05, 3.63) is 0 Å². The van der Waals surface area contributed by atoms with Crippen molar-refractivity contribution in [3.63, 3.8) is 0 Å². The van der Waals surface area contributed by atoms with Crippen LogP contribution in [0.4, 0.5) is 0 Å². The lowest BCUT2D eigenvalue weighted by Gasteiger charge is -2.25. The molecule has 7 unspecified atom stereocenters. The Labute approximate surface area is 252 Å². The molecule has 0 fully saturated rings. The van der Waals surface area contributed by atoms with Crippen molar-refractivity contribution in [2.24, 2.45) is 0 Å². The molecule has 260 valence electrons. The van der Waals surface area contributed by atoms with Gasteiger partial charge in [0.2, 0.25) is 0 Å². The predicted octanol–water partition coefficient (Wildman–Crippen LogP) is -4.72. The van der Waals surface area contributed by atoms with Gasteiger partial charge in [-0.3, -0.25) is 0 Å². The molecule has 0 spiro atoms. The van der Waals surface area contributed by atoms with Gasteiger partial charge in [0.05, 0.1) is 106 Å². The van der Waals surface area contributed by atoms with E-state index >= 15 is 0 Å². The third-order valence-corrected chi connectivity index (χ3v) is 5.54. The molecule has 0 aliphatic rings. The van der Waals surface area contributed by atoms with Gasteiger partial charge in [0.15, 0.2) is 0 Å². The van der Waals surface area contributed by atoms with Gasteiger partial charge >= 0.3 is 0 Å². The van der Waals surface area contributed by atoms with Gasteiger partial charge in [0.1, 0.15) is 48.8 Å². The normalized spacial score (nSPS) is 17.1. The molecule has 0 saturated carbocycles. The number of aliphatic hydroxyl groups is 8. The number of aliphatic hydroxyl groups excluding tert-OH is 8. The molecular weight excluding hydrogens is 584 g/mol. The number of hydrogen-bond acceptors (Lipinski definition) is 17. The fourth-order valence-corrected chi connectivity index (χ4v) is 3.12. The van der Waals surface area contributed by atoms with Crippen LogP contribution in [0.15, 0.2) is 0 Å². The zero-order chi connectivity index (χ0) is 32.3. The van der Waals surface area contributed by atoms with Crippen molar-refractivity contribution in [1.82, 2.24) is 0 Å². The smallest absolute Gasteiger partial charge is 0.104 e. The van der Waals surface area contributed by atoms with Gasteiger partial charge in [-0.2, -0.15) is 0 Å². The molecule has 7 atom stereocenters. The van der Waals surface area contributed by atoms with Crippen molar-refractivity contribution in [2.75, 3.05) is 120 Å². The minimum Gasteiger partial charge on any atom is -0.394 e. The highest BCUT2D eigenvalue weighted by Gasteiger charge is 2.20. The summed E-state index contributed by atoms with van der Waals surface area (Å²) in [6.45, 7) is -2.08. The summed E-state index contributed by atoms with van der Waals surface area (Å²) in [6.07, 6.45) is -6.59. The van der Waals surface area contributed by atoms with Gasteiger partial charge in [-0.15, -0.1) is 0 Å². The van der Waals surface area contributed by atoms with Gasteiger partial charge in [0.25, 0.3) is 0 Å². The number of hydrogen-bond donors (Lipinski definition) is 8. The van der Waals surface area contributed by atoms with Crippen LogP contribution >= 0.6 is 0 Å². The molecule has 8 N–H and O–H groups in total. The lowest BCUT2D eigenvalue weighted by molar-refractivity contribution is -0.133. The van der Waals surface area contributed by atoms with Crippen LogP contribution in [-0.4, -0.2) is 210 Å². The molecule has 0 radical (unpaired) electrons. The number of rotatable bonds is 32. The van der Waals surface area contributed by atoms with E-state index in [0.717, 1.165) is 0 Å². The molecule has 0 aliphatic heterocycles. The molecule has 43 heavy (non-hydrogen) atoms. The summed E-state index contributed by atoms with van der Waals surface area (Å²) in [4.78, 5) is 0. The first kappa shape index (κ1) is 42.3. The predicted molar refractivity (Wildman–Crippen MR) is 148 cm³/mol. The summed E-state index contributed by atoms with van der Waals surface area (Å²) in [5, 5.41) is 75.6. The second-order valence-electron chi connectivity index (χ2n) is 9.67. The van der Waals surface area contributed by atoms with Crippen molar-refractivity contribution >= 4 is 0 Å². The molecule has 0 amide bonds. The van der Waals surface area contributed by atoms with Crippen LogP contribution in [0.3, 0.4) is 0 Å². The van der Waals surface area contributed by atoms with Crippen LogP contribution in [-0.2, 0) is 42.6 Å². The van der Waals surface area contributed by atoms with E-state index in [1.54, 1.807) is 0 Å². The van der Waals surface area contributed by atoms with Crippen LogP contribution in [0.5, 0.6) is 0 Å². The molecule has 0 aromatic carbocycles. The molecule has 0 aromatic rings. The summed E-state index contributed by atoms with van der Waals surface area (Å²) >= 11 is 0. The van der Waals surface area contributed by atoms with Crippen molar-refractivity contribution < 1.29 is 83.5 Å². The lowest BCUT2D eigenvalue weighted by Crippen LogP contribution is -2.37. The second-order valence-corrected chi connectivity index (χ2v) is 9.67. The van der Waals surface area contributed by atoms with Gasteiger partial charge in [-0.25, -0.2) is 0 Å². The minimum atomic E-state index is -1.05. The number of methoxy groups -OCH3 is 2. The van der Waals surface area contributed by atoms with E-state index < -0.39 is 75.3 Å². The minimum absolute atomic E-state index is 0.0123. The summed E-state index contributed by atoms with van der Waals surface area (Å²) in [5.41, 5.74) is 0. The molecule has 0 saturated heterocycles. The van der Waals surface area contributed by atoms with Crippen LogP contribution in [0, 0.1) is 0 Å². The quantitative estimate of drug-likeness (QED) is 0.0345. The van der Waals surface area contributed by atoms with E-state index in [2.05, 4.69) is 0 Å². The largest absolute Gasteiger partial charge is 0.394 e. The van der Waals surface area contributed by atoms with E-state index in [1.807, 2.05) is 0 Å². The van der Waals surface area contributed by atoms with Crippen molar-refractivity contribution in [1.29, 1.82) is 0 Å². The second kappa shape index (κ2) is 28.8. The zero-order valence-electron chi connectivity index (χ0n) is 25.2. The molecule has 0 bridgehead atoms. The molecule has 0 aromatic heterocycles. The first-order chi connectivity index (χ1) is 20.7. The first-order valence-electron chi connectivity index (χ1n) is 14.1. The monoisotopic (exact) mass is 638 g/mol. The Morgan fingerprint density at radius 3 is 1.30 bits per heavy atom. The highest BCUT2D eigenvalue weighted by Crippen LogP contribution is 2.05. The Balaban J connectivity index is 4.59. The number of ether oxygens (including phenoxy) is 9. The SMILES string of the molecule is COCC(O)COCC(O)COCC(COC(COCC(CO)OCC(O)COCC(O)CO)COC(CO)CO)OC. The van der Waals surface area contributed by atoms with Crippen LogP contribution in [0.2, 0.25) is 0 Å². The summed E-state index contributed by atoms with van der Waals surface area (Å²) < 4.78 is 48.3. The Kier molecular flexibility index (Phi) is 28.3. The van der Waals surface area contributed by atoms with Gasteiger partial charge in [-0.05, 0) is 0 Å². The fraction of sp³-hybridized carbons (Fsp3) is 1.00. The highest BCUT2D eigenvalue weighted by atomic mass is 16.6. The van der Waals surface area contributed by atoms with E-state index in [4.69, 9.17) is 47.7 Å². The Morgan fingerprint density at radius 1 is 0.372 bits per heavy atom. The first-order valence-corrected chi connectivity index (χ1v) is 14.1. The van der Waals surface area contributed by atoms with Crippen LogP contribution in [0.25, 0.3) is 0 Å². The Hall–Kier alpha value is -0.680. The summed E-state index contributed by atoms with van der Waals surface area (Å²) in [7, 11) is 2.92. The summed E-state index contributed by atoms with van der Waals surface area (Å²) in [5.74, 6) is 0. The lowest BCUT2D eigenvalue weighted by atomic mass is 10.3.